The monoisotopic (exact) mass is 443 g/mol. The molecule has 1 fully saturated rings. The molecule has 0 aliphatic carbocycles. The number of esters is 1. The first-order chi connectivity index (χ1) is 14.2. The number of carbonyl (C=O) groups excluding carboxylic acids is 3. The third kappa shape index (κ3) is 5.60. The van der Waals surface area contributed by atoms with E-state index in [0.29, 0.717) is 25.9 Å². The quantitative estimate of drug-likeness (QED) is 0.561. The number of likely N-dealkylation sites (N-methyl/N-ethyl adjacent to an activating group) is 1. The van der Waals surface area contributed by atoms with Crippen molar-refractivity contribution in [3.05, 3.63) is 17.9 Å². The Balaban J connectivity index is 1.91. The fourth-order valence-corrected chi connectivity index (χ4v) is 4.63. The lowest BCUT2D eigenvalue weighted by Crippen LogP contribution is -2.45. The minimum absolute atomic E-state index is 0.0674. The second kappa shape index (κ2) is 10.6. The third-order valence-corrected chi connectivity index (χ3v) is 6.78. The van der Waals surface area contributed by atoms with E-state index >= 15 is 0 Å². The molecule has 1 aliphatic rings. The number of sulfonamides is 1. The van der Waals surface area contributed by atoms with Crippen LogP contribution in [0.2, 0.25) is 0 Å². The molecule has 0 bridgehead atoms. The SMILES string of the molecule is CCOC(=O)c1ccc(S(=O)(=O)N2CCC(C(=O)NCC(=O)N(CC)CC)CC2)o1. The number of hydrogen-bond donors (Lipinski definition) is 1. The number of nitrogens with zero attached hydrogens (tertiary/aromatic N) is 2. The summed E-state index contributed by atoms with van der Waals surface area (Å²) in [6.45, 7) is 6.89. The lowest BCUT2D eigenvalue weighted by molar-refractivity contribution is -0.134. The van der Waals surface area contributed by atoms with Gasteiger partial charge in [0.1, 0.15) is 0 Å². The molecule has 1 aliphatic heterocycles. The van der Waals surface area contributed by atoms with Crippen LogP contribution in [0.4, 0.5) is 0 Å². The van der Waals surface area contributed by atoms with Crippen LogP contribution in [0.3, 0.4) is 0 Å². The average molecular weight is 444 g/mol. The summed E-state index contributed by atoms with van der Waals surface area (Å²) in [7, 11) is -3.92. The highest BCUT2D eigenvalue weighted by Crippen LogP contribution is 2.25. The Bertz CT molecular complexity index is 853. The summed E-state index contributed by atoms with van der Waals surface area (Å²) in [4.78, 5) is 37.7. The second-order valence-corrected chi connectivity index (χ2v) is 8.67. The molecule has 10 nitrogen and oxygen atoms in total. The fraction of sp³-hybridized carbons (Fsp3) is 0.632. The molecule has 1 saturated heterocycles. The fourth-order valence-electron chi connectivity index (χ4n) is 3.25. The van der Waals surface area contributed by atoms with E-state index in [1.807, 2.05) is 13.8 Å². The number of carbonyl (C=O) groups is 3. The van der Waals surface area contributed by atoms with Gasteiger partial charge in [0.2, 0.25) is 22.7 Å². The standard InChI is InChI=1S/C19H29N3O7S/c1-4-21(5-2)16(23)13-20-18(24)14-9-11-22(12-10-14)30(26,27)17-8-7-15(29-17)19(25)28-6-3/h7-8,14H,4-6,9-13H2,1-3H3,(H,20,24). The molecule has 2 rings (SSSR count). The third-order valence-electron chi connectivity index (χ3n) is 5.01. The highest BCUT2D eigenvalue weighted by molar-refractivity contribution is 7.89. The molecule has 2 heterocycles. The summed E-state index contributed by atoms with van der Waals surface area (Å²) in [6, 6.07) is 2.48. The van der Waals surface area contributed by atoms with Crippen molar-refractivity contribution in [1.29, 1.82) is 0 Å². The van der Waals surface area contributed by atoms with Crippen LogP contribution in [0, 0.1) is 5.92 Å². The van der Waals surface area contributed by atoms with Crippen LogP contribution in [0.1, 0.15) is 44.2 Å². The first kappa shape index (κ1) is 23.9. The number of rotatable bonds is 9. The van der Waals surface area contributed by atoms with Gasteiger partial charge in [-0.05, 0) is 45.7 Å². The largest absolute Gasteiger partial charge is 0.460 e. The molecule has 0 aromatic carbocycles. The number of amides is 2. The summed E-state index contributed by atoms with van der Waals surface area (Å²) in [5, 5.41) is 2.31. The van der Waals surface area contributed by atoms with Crippen LogP contribution in [0.15, 0.2) is 21.6 Å². The van der Waals surface area contributed by atoms with E-state index in [9.17, 15) is 22.8 Å². The molecule has 0 radical (unpaired) electrons. The van der Waals surface area contributed by atoms with Crippen molar-refractivity contribution in [3.63, 3.8) is 0 Å². The number of hydrogen-bond acceptors (Lipinski definition) is 7. The van der Waals surface area contributed by atoms with E-state index < -0.39 is 16.0 Å². The Morgan fingerprint density at radius 3 is 2.37 bits per heavy atom. The normalized spacial score (nSPS) is 15.6. The maximum atomic E-state index is 12.7. The second-order valence-electron chi connectivity index (χ2n) is 6.80. The first-order valence-corrected chi connectivity index (χ1v) is 11.5. The molecule has 0 unspecified atom stereocenters. The molecule has 1 aromatic rings. The predicted octanol–water partition coefficient (Wildman–Crippen LogP) is 0.842. The van der Waals surface area contributed by atoms with Crippen LogP contribution in [-0.2, 0) is 24.3 Å². The summed E-state index contributed by atoms with van der Waals surface area (Å²) >= 11 is 0. The first-order valence-electron chi connectivity index (χ1n) is 10.1. The smallest absolute Gasteiger partial charge is 0.374 e. The lowest BCUT2D eigenvalue weighted by Gasteiger charge is -2.30. The van der Waals surface area contributed by atoms with Gasteiger partial charge in [0.05, 0.1) is 13.2 Å². The minimum atomic E-state index is -3.92. The highest BCUT2D eigenvalue weighted by atomic mass is 32.2. The summed E-state index contributed by atoms with van der Waals surface area (Å²) in [5.74, 6) is -1.68. The lowest BCUT2D eigenvalue weighted by atomic mass is 9.97. The number of piperidine rings is 1. The van der Waals surface area contributed by atoms with E-state index in [-0.39, 0.29) is 54.8 Å². The topological polar surface area (TPSA) is 126 Å². The average Bonchev–Trinajstić information content (AvgIpc) is 3.24. The van der Waals surface area contributed by atoms with Gasteiger partial charge in [0.15, 0.2) is 0 Å². The van der Waals surface area contributed by atoms with Crippen molar-refractivity contribution in [3.8, 4) is 0 Å². The van der Waals surface area contributed by atoms with Gasteiger partial charge in [-0.1, -0.05) is 0 Å². The molecular formula is C19H29N3O7S. The Labute approximate surface area is 176 Å². The van der Waals surface area contributed by atoms with Crippen LogP contribution in [-0.4, -0.2) is 74.7 Å². The molecule has 0 spiro atoms. The number of furan rings is 1. The molecule has 1 aromatic heterocycles. The maximum absolute atomic E-state index is 12.7. The van der Waals surface area contributed by atoms with E-state index in [1.54, 1.807) is 11.8 Å². The van der Waals surface area contributed by atoms with Gasteiger partial charge in [0, 0.05) is 32.1 Å². The highest BCUT2D eigenvalue weighted by Gasteiger charge is 2.34. The molecule has 2 amide bonds. The van der Waals surface area contributed by atoms with Crippen LogP contribution in [0.5, 0.6) is 0 Å². The minimum Gasteiger partial charge on any atom is -0.460 e. The molecule has 168 valence electrons. The number of ether oxygens (including phenoxy) is 1. The van der Waals surface area contributed by atoms with Crippen molar-refractivity contribution >= 4 is 27.8 Å². The molecule has 30 heavy (non-hydrogen) atoms. The number of nitrogens with one attached hydrogen (secondary N) is 1. The van der Waals surface area contributed by atoms with Gasteiger partial charge >= 0.3 is 5.97 Å². The van der Waals surface area contributed by atoms with Crippen molar-refractivity contribution < 1.29 is 32.0 Å². The summed E-state index contributed by atoms with van der Waals surface area (Å²) in [6.07, 6.45) is 0.659. The molecule has 11 heteroatoms. The molecular weight excluding hydrogens is 414 g/mol. The van der Waals surface area contributed by atoms with Gasteiger partial charge in [-0.3, -0.25) is 9.59 Å². The predicted molar refractivity (Wildman–Crippen MR) is 107 cm³/mol. The Hall–Kier alpha value is -2.40. The van der Waals surface area contributed by atoms with Crippen molar-refractivity contribution in [2.75, 3.05) is 39.3 Å². The van der Waals surface area contributed by atoms with Gasteiger partial charge in [-0.15, -0.1) is 0 Å². The van der Waals surface area contributed by atoms with Crippen molar-refractivity contribution in [2.45, 2.75) is 38.7 Å². The van der Waals surface area contributed by atoms with Crippen LogP contribution < -0.4 is 5.32 Å². The van der Waals surface area contributed by atoms with E-state index in [2.05, 4.69) is 5.32 Å². The van der Waals surface area contributed by atoms with Gasteiger partial charge < -0.3 is 19.4 Å². The van der Waals surface area contributed by atoms with E-state index in [4.69, 9.17) is 9.15 Å². The zero-order valence-electron chi connectivity index (χ0n) is 17.5. The zero-order valence-corrected chi connectivity index (χ0v) is 18.4. The van der Waals surface area contributed by atoms with Crippen molar-refractivity contribution in [1.82, 2.24) is 14.5 Å². The summed E-state index contributed by atoms with van der Waals surface area (Å²) < 4.78 is 36.7. The molecule has 1 N–H and O–H groups in total. The van der Waals surface area contributed by atoms with E-state index in [1.165, 1.54) is 16.4 Å². The van der Waals surface area contributed by atoms with Gasteiger partial charge in [0.25, 0.3) is 10.0 Å². The van der Waals surface area contributed by atoms with Crippen LogP contribution >= 0.6 is 0 Å². The maximum Gasteiger partial charge on any atom is 0.374 e. The zero-order chi connectivity index (χ0) is 22.3. The molecule has 0 atom stereocenters. The van der Waals surface area contributed by atoms with Crippen LogP contribution in [0.25, 0.3) is 0 Å². The van der Waals surface area contributed by atoms with Gasteiger partial charge in [-0.2, -0.15) is 4.31 Å². The Morgan fingerprint density at radius 2 is 1.80 bits per heavy atom. The van der Waals surface area contributed by atoms with E-state index in [0.717, 1.165) is 0 Å². The van der Waals surface area contributed by atoms with Gasteiger partial charge in [-0.25, -0.2) is 13.2 Å². The Morgan fingerprint density at radius 1 is 1.17 bits per heavy atom. The molecule has 0 saturated carbocycles. The van der Waals surface area contributed by atoms with Crippen molar-refractivity contribution in [2.24, 2.45) is 5.92 Å². The Kier molecular flexibility index (Phi) is 8.42. The summed E-state index contributed by atoms with van der Waals surface area (Å²) in [5.41, 5.74) is 0.